The summed E-state index contributed by atoms with van der Waals surface area (Å²) in [7, 11) is -2.01. The third kappa shape index (κ3) is 3.59. The second-order valence-electron chi connectivity index (χ2n) is 4.53. The maximum Gasteiger partial charge on any atom is 0.252 e. The van der Waals surface area contributed by atoms with Gasteiger partial charge in [-0.3, -0.25) is 4.79 Å². The van der Waals surface area contributed by atoms with E-state index < -0.39 is 10.0 Å². The number of nitrogens with one attached hydrogen (secondary N) is 1. The Morgan fingerprint density at radius 2 is 1.90 bits per heavy atom. The van der Waals surface area contributed by atoms with Crippen LogP contribution in [0.1, 0.15) is 24.2 Å². The average Bonchev–Trinajstić information content (AvgIpc) is 2.43. The summed E-state index contributed by atoms with van der Waals surface area (Å²) in [6, 6.07) is 5.62. The van der Waals surface area contributed by atoms with Gasteiger partial charge in [-0.15, -0.1) is 6.42 Å². The molecule has 0 unspecified atom stereocenters. The van der Waals surface area contributed by atoms with Crippen LogP contribution in [0, 0.1) is 12.3 Å². The molecule has 108 valence electrons. The van der Waals surface area contributed by atoms with Crippen molar-refractivity contribution in [1.29, 1.82) is 0 Å². The Morgan fingerprint density at radius 3 is 2.35 bits per heavy atom. The summed E-state index contributed by atoms with van der Waals surface area (Å²) in [4.78, 5) is 11.8. The quantitative estimate of drug-likeness (QED) is 0.826. The predicted octanol–water partition coefficient (Wildman–Crippen LogP) is 1.08. The van der Waals surface area contributed by atoms with Crippen molar-refractivity contribution in [2.45, 2.75) is 24.8 Å². The Hall–Kier alpha value is -1.84. The smallest absolute Gasteiger partial charge is 0.252 e. The molecule has 0 spiro atoms. The van der Waals surface area contributed by atoms with Crippen molar-refractivity contribution in [2.24, 2.45) is 0 Å². The summed E-state index contributed by atoms with van der Waals surface area (Å²) in [6.45, 7) is 3.72. The molecule has 1 amide bonds. The standard InChI is InChI=1S/C14H18N2O3S/c1-5-10-15-14(17)12-6-8-13(9-7-12)20(18,19)16(4)11(2)3/h1,6-9,11H,10H2,2-4H3,(H,15,17). The molecule has 0 radical (unpaired) electrons. The van der Waals surface area contributed by atoms with Crippen LogP contribution in [0.2, 0.25) is 0 Å². The predicted molar refractivity (Wildman–Crippen MR) is 77.7 cm³/mol. The fraction of sp³-hybridized carbons (Fsp3) is 0.357. The number of nitrogens with zero attached hydrogens (tertiary/aromatic N) is 1. The number of carbonyl (C=O) groups excluding carboxylic acids is 1. The third-order valence-electron chi connectivity index (χ3n) is 2.87. The zero-order valence-corrected chi connectivity index (χ0v) is 12.6. The van der Waals surface area contributed by atoms with E-state index in [1.54, 1.807) is 13.8 Å². The van der Waals surface area contributed by atoms with E-state index in [0.717, 1.165) is 0 Å². The van der Waals surface area contributed by atoms with Crippen LogP contribution in [0.3, 0.4) is 0 Å². The molecule has 0 saturated heterocycles. The van der Waals surface area contributed by atoms with Crippen molar-refractivity contribution < 1.29 is 13.2 Å². The van der Waals surface area contributed by atoms with E-state index in [1.165, 1.54) is 35.6 Å². The molecule has 1 rings (SSSR count). The Labute approximate surface area is 120 Å². The van der Waals surface area contributed by atoms with Crippen LogP contribution in [-0.4, -0.2) is 38.3 Å². The van der Waals surface area contributed by atoms with Gasteiger partial charge < -0.3 is 5.32 Å². The molecular formula is C14H18N2O3S. The first-order valence-electron chi connectivity index (χ1n) is 6.10. The van der Waals surface area contributed by atoms with E-state index in [2.05, 4.69) is 11.2 Å². The molecular weight excluding hydrogens is 276 g/mol. The van der Waals surface area contributed by atoms with Gasteiger partial charge in [0.1, 0.15) is 0 Å². The SMILES string of the molecule is C#CCNC(=O)c1ccc(S(=O)(=O)N(C)C(C)C)cc1. The molecule has 0 heterocycles. The summed E-state index contributed by atoms with van der Waals surface area (Å²) >= 11 is 0. The molecule has 5 nitrogen and oxygen atoms in total. The van der Waals surface area contributed by atoms with E-state index in [9.17, 15) is 13.2 Å². The number of benzene rings is 1. The highest BCUT2D eigenvalue weighted by atomic mass is 32.2. The second kappa shape index (κ2) is 6.55. The van der Waals surface area contributed by atoms with Gasteiger partial charge in [-0.2, -0.15) is 4.31 Å². The highest BCUT2D eigenvalue weighted by molar-refractivity contribution is 7.89. The first-order valence-corrected chi connectivity index (χ1v) is 7.54. The van der Waals surface area contributed by atoms with Gasteiger partial charge in [0.2, 0.25) is 10.0 Å². The number of carbonyl (C=O) groups is 1. The molecule has 6 heteroatoms. The van der Waals surface area contributed by atoms with E-state index in [0.29, 0.717) is 5.56 Å². The molecule has 0 aliphatic rings. The summed E-state index contributed by atoms with van der Waals surface area (Å²) in [6.07, 6.45) is 5.05. The molecule has 0 bridgehead atoms. The van der Waals surface area contributed by atoms with E-state index in [-0.39, 0.29) is 23.4 Å². The van der Waals surface area contributed by atoms with Crippen LogP contribution in [-0.2, 0) is 10.0 Å². The fourth-order valence-corrected chi connectivity index (χ4v) is 2.82. The van der Waals surface area contributed by atoms with Gasteiger partial charge in [0, 0.05) is 18.7 Å². The fourth-order valence-electron chi connectivity index (χ4n) is 1.46. The van der Waals surface area contributed by atoms with Gasteiger partial charge in [-0.1, -0.05) is 5.92 Å². The number of hydrogen-bond acceptors (Lipinski definition) is 3. The second-order valence-corrected chi connectivity index (χ2v) is 6.52. The van der Waals surface area contributed by atoms with Crippen LogP contribution >= 0.6 is 0 Å². The maximum absolute atomic E-state index is 12.2. The zero-order chi connectivity index (χ0) is 15.3. The summed E-state index contributed by atoms with van der Waals surface area (Å²) in [5, 5.41) is 2.51. The number of rotatable bonds is 5. The highest BCUT2D eigenvalue weighted by Gasteiger charge is 2.23. The molecule has 0 atom stereocenters. The molecule has 0 aliphatic carbocycles. The van der Waals surface area contributed by atoms with Gasteiger partial charge in [-0.25, -0.2) is 8.42 Å². The van der Waals surface area contributed by atoms with E-state index in [1.807, 2.05) is 0 Å². The third-order valence-corrected chi connectivity index (χ3v) is 4.92. The average molecular weight is 294 g/mol. The molecule has 0 aromatic heterocycles. The maximum atomic E-state index is 12.2. The highest BCUT2D eigenvalue weighted by Crippen LogP contribution is 2.17. The van der Waals surface area contributed by atoms with Crippen molar-refractivity contribution in [3.05, 3.63) is 29.8 Å². The van der Waals surface area contributed by atoms with Crippen molar-refractivity contribution in [3.63, 3.8) is 0 Å². The molecule has 1 aromatic carbocycles. The van der Waals surface area contributed by atoms with Crippen LogP contribution in [0.15, 0.2) is 29.2 Å². The Kier molecular flexibility index (Phi) is 5.31. The lowest BCUT2D eigenvalue weighted by molar-refractivity contribution is 0.0958. The lowest BCUT2D eigenvalue weighted by atomic mass is 10.2. The summed E-state index contributed by atoms with van der Waals surface area (Å²) in [5.74, 6) is 1.97. The van der Waals surface area contributed by atoms with Crippen LogP contribution in [0.25, 0.3) is 0 Å². The molecule has 0 fully saturated rings. The van der Waals surface area contributed by atoms with Crippen molar-refractivity contribution in [3.8, 4) is 12.3 Å². The Bertz CT molecular complexity index is 613. The molecule has 20 heavy (non-hydrogen) atoms. The normalized spacial score (nSPS) is 11.4. The lowest BCUT2D eigenvalue weighted by Crippen LogP contribution is -2.33. The minimum Gasteiger partial charge on any atom is -0.341 e. The van der Waals surface area contributed by atoms with Crippen LogP contribution in [0.4, 0.5) is 0 Å². The Morgan fingerprint density at radius 1 is 1.35 bits per heavy atom. The van der Waals surface area contributed by atoms with Gasteiger partial charge >= 0.3 is 0 Å². The molecule has 0 aliphatic heterocycles. The molecule has 0 saturated carbocycles. The number of amides is 1. The number of hydrogen-bond donors (Lipinski definition) is 1. The summed E-state index contributed by atoms with van der Waals surface area (Å²) in [5.41, 5.74) is 0.367. The first-order chi connectivity index (χ1) is 9.30. The zero-order valence-electron chi connectivity index (χ0n) is 11.8. The van der Waals surface area contributed by atoms with Gasteiger partial charge in [-0.05, 0) is 38.1 Å². The summed E-state index contributed by atoms with van der Waals surface area (Å²) < 4.78 is 25.7. The number of terminal acetylenes is 1. The minimum atomic E-state index is -3.53. The van der Waals surface area contributed by atoms with Crippen molar-refractivity contribution >= 4 is 15.9 Å². The monoisotopic (exact) mass is 294 g/mol. The number of sulfonamides is 1. The van der Waals surface area contributed by atoms with Gasteiger partial charge in [0.05, 0.1) is 11.4 Å². The van der Waals surface area contributed by atoms with Crippen molar-refractivity contribution in [1.82, 2.24) is 9.62 Å². The van der Waals surface area contributed by atoms with E-state index in [4.69, 9.17) is 6.42 Å². The van der Waals surface area contributed by atoms with Gasteiger partial charge in [0.15, 0.2) is 0 Å². The first kappa shape index (κ1) is 16.2. The van der Waals surface area contributed by atoms with Gasteiger partial charge in [0.25, 0.3) is 5.91 Å². The minimum absolute atomic E-state index is 0.134. The topological polar surface area (TPSA) is 66.5 Å². The largest absolute Gasteiger partial charge is 0.341 e. The lowest BCUT2D eigenvalue weighted by Gasteiger charge is -2.21. The molecule has 1 N–H and O–H groups in total. The van der Waals surface area contributed by atoms with E-state index >= 15 is 0 Å². The molecule has 1 aromatic rings. The Balaban J connectivity index is 2.98. The van der Waals surface area contributed by atoms with Crippen LogP contribution in [0.5, 0.6) is 0 Å². The van der Waals surface area contributed by atoms with Crippen molar-refractivity contribution in [2.75, 3.05) is 13.6 Å². The van der Waals surface area contributed by atoms with Crippen LogP contribution < -0.4 is 5.32 Å².